The highest BCUT2D eigenvalue weighted by atomic mass is 16.3. The highest BCUT2D eigenvalue weighted by Gasteiger charge is 2.30. The molecule has 1 amide bonds. The van der Waals surface area contributed by atoms with Gasteiger partial charge in [0.15, 0.2) is 0 Å². The SMILES string of the molecule is Cn1ncc(N)c1C(=O)N(Cc1ccco1)C1CCCC1. The molecule has 0 unspecified atom stereocenters. The van der Waals surface area contributed by atoms with Gasteiger partial charge in [0.05, 0.1) is 24.7 Å². The van der Waals surface area contributed by atoms with Gasteiger partial charge in [-0.1, -0.05) is 12.8 Å². The molecule has 1 aliphatic carbocycles. The van der Waals surface area contributed by atoms with Crippen LogP contribution in [0.15, 0.2) is 29.0 Å². The maximum Gasteiger partial charge on any atom is 0.274 e. The maximum absolute atomic E-state index is 12.9. The van der Waals surface area contributed by atoms with E-state index in [1.807, 2.05) is 17.0 Å². The number of amides is 1. The molecule has 21 heavy (non-hydrogen) atoms. The molecule has 2 aromatic rings. The second kappa shape index (κ2) is 5.63. The van der Waals surface area contributed by atoms with Crippen molar-refractivity contribution in [3.63, 3.8) is 0 Å². The summed E-state index contributed by atoms with van der Waals surface area (Å²) in [7, 11) is 1.74. The number of aromatic nitrogens is 2. The molecule has 112 valence electrons. The van der Waals surface area contributed by atoms with Crippen LogP contribution in [0, 0.1) is 0 Å². The number of nitrogens with two attached hydrogens (primary N) is 1. The molecule has 0 saturated heterocycles. The number of nitrogens with zero attached hydrogens (tertiary/aromatic N) is 3. The molecule has 1 aliphatic rings. The van der Waals surface area contributed by atoms with Crippen LogP contribution in [0.25, 0.3) is 0 Å². The van der Waals surface area contributed by atoms with Gasteiger partial charge in [0.2, 0.25) is 0 Å². The summed E-state index contributed by atoms with van der Waals surface area (Å²) in [6, 6.07) is 3.98. The molecular formula is C15H20N4O2. The lowest BCUT2D eigenvalue weighted by atomic mass is 10.1. The van der Waals surface area contributed by atoms with Crippen LogP contribution in [0.3, 0.4) is 0 Å². The van der Waals surface area contributed by atoms with E-state index in [1.54, 1.807) is 18.0 Å². The average Bonchev–Trinajstić information content (AvgIpc) is 3.18. The van der Waals surface area contributed by atoms with E-state index in [0.717, 1.165) is 31.4 Å². The molecule has 6 nitrogen and oxygen atoms in total. The number of hydrogen-bond acceptors (Lipinski definition) is 4. The summed E-state index contributed by atoms with van der Waals surface area (Å²) in [6.45, 7) is 0.473. The fourth-order valence-electron chi connectivity index (χ4n) is 3.01. The third-order valence-electron chi connectivity index (χ3n) is 4.10. The maximum atomic E-state index is 12.9. The van der Waals surface area contributed by atoms with Crippen molar-refractivity contribution >= 4 is 11.6 Å². The Morgan fingerprint density at radius 1 is 1.52 bits per heavy atom. The van der Waals surface area contributed by atoms with Crippen LogP contribution in [0.2, 0.25) is 0 Å². The minimum absolute atomic E-state index is 0.0733. The molecule has 0 spiro atoms. The monoisotopic (exact) mass is 288 g/mol. The zero-order valence-electron chi connectivity index (χ0n) is 12.2. The summed E-state index contributed by atoms with van der Waals surface area (Å²) in [4.78, 5) is 14.8. The normalized spacial score (nSPS) is 15.5. The van der Waals surface area contributed by atoms with Crippen molar-refractivity contribution in [2.75, 3.05) is 5.73 Å². The van der Waals surface area contributed by atoms with Crippen LogP contribution < -0.4 is 5.73 Å². The Kier molecular flexibility index (Phi) is 3.68. The number of furan rings is 1. The van der Waals surface area contributed by atoms with Crippen LogP contribution in [0.1, 0.15) is 41.9 Å². The van der Waals surface area contributed by atoms with Crippen molar-refractivity contribution in [1.29, 1.82) is 0 Å². The number of anilines is 1. The first-order valence-electron chi connectivity index (χ1n) is 7.27. The number of nitrogen functional groups attached to an aromatic ring is 1. The van der Waals surface area contributed by atoms with E-state index >= 15 is 0 Å². The van der Waals surface area contributed by atoms with Crippen LogP contribution in [0.5, 0.6) is 0 Å². The van der Waals surface area contributed by atoms with Gasteiger partial charge in [-0.3, -0.25) is 9.48 Å². The third-order valence-corrected chi connectivity index (χ3v) is 4.10. The summed E-state index contributed by atoms with van der Waals surface area (Å²) in [5.41, 5.74) is 6.77. The molecule has 0 radical (unpaired) electrons. The van der Waals surface area contributed by atoms with E-state index in [9.17, 15) is 4.79 Å². The van der Waals surface area contributed by atoms with Gasteiger partial charge in [-0.25, -0.2) is 0 Å². The molecule has 0 atom stereocenters. The summed E-state index contributed by atoms with van der Waals surface area (Å²) in [6.07, 6.45) is 7.54. The minimum Gasteiger partial charge on any atom is -0.467 e. The van der Waals surface area contributed by atoms with Crippen molar-refractivity contribution in [3.8, 4) is 0 Å². The standard InChI is InChI=1S/C15H20N4O2/c1-18-14(13(16)9-17-18)15(20)19(11-5-2-3-6-11)10-12-7-4-8-21-12/h4,7-9,11H,2-3,5-6,10,16H2,1H3. The second-order valence-electron chi connectivity index (χ2n) is 5.52. The van der Waals surface area contributed by atoms with Crippen molar-refractivity contribution in [3.05, 3.63) is 36.0 Å². The second-order valence-corrected chi connectivity index (χ2v) is 5.52. The first-order chi connectivity index (χ1) is 10.2. The Morgan fingerprint density at radius 3 is 2.86 bits per heavy atom. The van der Waals surface area contributed by atoms with Gasteiger partial charge in [0, 0.05) is 13.1 Å². The van der Waals surface area contributed by atoms with E-state index in [2.05, 4.69) is 5.10 Å². The molecule has 3 rings (SSSR count). The average molecular weight is 288 g/mol. The van der Waals surface area contributed by atoms with Gasteiger partial charge < -0.3 is 15.1 Å². The number of carbonyl (C=O) groups excluding carboxylic acids is 1. The molecule has 2 aromatic heterocycles. The highest BCUT2D eigenvalue weighted by Crippen LogP contribution is 2.27. The van der Waals surface area contributed by atoms with Crippen LogP contribution in [0.4, 0.5) is 5.69 Å². The van der Waals surface area contributed by atoms with Gasteiger partial charge >= 0.3 is 0 Å². The Hall–Kier alpha value is -2.24. The number of hydrogen-bond donors (Lipinski definition) is 1. The zero-order valence-corrected chi connectivity index (χ0v) is 12.2. The number of aryl methyl sites for hydroxylation is 1. The fraction of sp³-hybridized carbons (Fsp3) is 0.467. The molecule has 1 saturated carbocycles. The molecule has 1 fully saturated rings. The van der Waals surface area contributed by atoms with Gasteiger partial charge in [-0.05, 0) is 25.0 Å². The lowest BCUT2D eigenvalue weighted by Gasteiger charge is -2.28. The minimum atomic E-state index is -0.0733. The topological polar surface area (TPSA) is 77.3 Å². The summed E-state index contributed by atoms with van der Waals surface area (Å²) in [5.74, 6) is 0.715. The van der Waals surface area contributed by atoms with Crippen LogP contribution in [-0.2, 0) is 13.6 Å². The number of rotatable bonds is 4. The third kappa shape index (κ3) is 2.66. The van der Waals surface area contributed by atoms with Crippen molar-refractivity contribution in [2.24, 2.45) is 7.05 Å². The van der Waals surface area contributed by atoms with E-state index in [-0.39, 0.29) is 11.9 Å². The van der Waals surface area contributed by atoms with E-state index < -0.39 is 0 Å². The van der Waals surface area contributed by atoms with Gasteiger partial charge in [-0.2, -0.15) is 5.10 Å². The smallest absolute Gasteiger partial charge is 0.274 e. The largest absolute Gasteiger partial charge is 0.467 e. The molecule has 2 N–H and O–H groups in total. The van der Waals surface area contributed by atoms with Crippen LogP contribution in [-0.4, -0.2) is 26.6 Å². The molecule has 0 aliphatic heterocycles. The summed E-state index contributed by atoms with van der Waals surface area (Å²) >= 11 is 0. The lowest BCUT2D eigenvalue weighted by molar-refractivity contribution is 0.0638. The Bertz CT molecular complexity index is 592. The molecule has 0 bridgehead atoms. The Balaban J connectivity index is 1.89. The Morgan fingerprint density at radius 2 is 2.29 bits per heavy atom. The quantitative estimate of drug-likeness (QED) is 0.935. The van der Waals surface area contributed by atoms with E-state index in [0.29, 0.717) is 17.9 Å². The summed E-state index contributed by atoms with van der Waals surface area (Å²) < 4.78 is 6.95. The lowest BCUT2D eigenvalue weighted by Crippen LogP contribution is -2.39. The summed E-state index contributed by atoms with van der Waals surface area (Å²) in [5, 5.41) is 4.06. The fourth-order valence-corrected chi connectivity index (χ4v) is 3.01. The van der Waals surface area contributed by atoms with Gasteiger partial charge in [-0.15, -0.1) is 0 Å². The molecular weight excluding hydrogens is 268 g/mol. The van der Waals surface area contributed by atoms with Gasteiger partial charge in [0.1, 0.15) is 11.5 Å². The van der Waals surface area contributed by atoms with Crippen molar-refractivity contribution in [2.45, 2.75) is 38.3 Å². The molecule has 2 heterocycles. The predicted molar refractivity (Wildman–Crippen MR) is 78.5 cm³/mol. The van der Waals surface area contributed by atoms with E-state index in [1.165, 1.54) is 6.20 Å². The van der Waals surface area contributed by atoms with Crippen LogP contribution >= 0.6 is 0 Å². The van der Waals surface area contributed by atoms with Gasteiger partial charge in [0.25, 0.3) is 5.91 Å². The molecule has 6 heteroatoms. The first kappa shape index (κ1) is 13.7. The zero-order chi connectivity index (χ0) is 14.8. The highest BCUT2D eigenvalue weighted by molar-refractivity contribution is 5.97. The van der Waals surface area contributed by atoms with Crippen molar-refractivity contribution < 1.29 is 9.21 Å². The Labute approximate surface area is 123 Å². The van der Waals surface area contributed by atoms with E-state index in [4.69, 9.17) is 10.2 Å². The van der Waals surface area contributed by atoms with Crippen molar-refractivity contribution in [1.82, 2.24) is 14.7 Å². The molecule has 0 aromatic carbocycles. The first-order valence-corrected chi connectivity index (χ1v) is 7.27. The number of carbonyl (C=O) groups is 1. The predicted octanol–water partition coefficient (Wildman–Crippen LogP) is 2.18.